The number of rotatable bonds is 5. The highest BCUT2D eigenvalue weighted by Crippen LogP contribution is 2.30. The smallest absolute Gasteiger partial charge is 0.222 e. The van der Waals surface area contributed by atoms with Gasteiger partial charge in [0.05, 0.1) is 4.70 Å². The molecule has 0 radical (unpaired) electrons. The van der Waals surface area contributed by atoms with Gasteiger partial charge in [0.25, 0.3) is 0 Å². The van der Waals surface area contributed by atoms with Crippen molar-refractivity contribution in [2.24, 2.45) is 5.92 Å². The number of anilines is 1. The maximum atomic E-state index is 13.8. The number of carbonyl (C=O) groups excluding carboxylic acids is 1. The van der Waals surface area contributed by atoms with Gasteiger partial charge in [-0.05, 0) is 12.1 Å². The number of piperazine rings is 1. The SMILES string of the molecule is CC(C)C(=O)NCCN1CCN(c2nc3c(F)cccc3s2)CC1. The molecule has 1 aromatic heterocycles. The summed E-state index contributed by atoms with van der Waals surface area (Å²) in [5.41, 5.74) is 0.469. The third-order valence-electron chi connectivity index (χ3n) is 4.25. The van der Waals surface area contributed by atoms with Crippen LogP contribution in [0.4, 0.5) is 9.52 Å². The van der Waals surface area contributed by atoms with Crippen molar-refractivity contribution in [1.29, 1.82) is 0 Å². The summed E-state index contributed by atoms with van der Waals surface area (Å²) in [5.74, 6) is -0.124. The molecule has 1 aliphatic heterocycles. The van der Waals surface area contributed by atoms with Crippen LogP contribution in [0.5, 0.6) is 0 Å². The minimum Gasteiger partial charge on any atom is -0.355 e. The highest BCUT2D eigenvalue weighted by atomic mass is 32.1. The first kappa shape index (κ1) is 17.1. The van der Waals surface area contributed by atoms with Crippen LogP contribution in [-0.2, 0) is 4.79 Å². The Hall–Kier alpha value is -1.73. The number of hydrogen-bond acceptors (Lipinski definition) is 5. The zero-order valence-corrected chi connectivity index (χ0v) is 14.9. The predicted molar refractivity (Wildman–Crippen MR) is 96.1 cm³/mol. The molecule has 24 heavy (non-hydrogen) atoms. The van der Waals surface area contributed by atoms with Crippen molar-refractivity contribution >= 4 is 32.6 Å². The summed E-state index contributed by atoms with van der Waals surface area (Å²) in [5, 5.41) is 3.84. The van der Waals surface area contributed by atoms with Gasteiger partial charge in [-0.25, -0.2) is 9.37 Å². The first-order chi connectivity index (χ1) is 11.5. The molecule has 1 N–H and O–H groups in total. The monoisotopic (exact) mass is 350 g/mol. The fourth-order valence-corrected chi connectivity index (χ4v) is 3.77. The number of aromatic nitrogens is 1. The molecular formula is C17H23FN4OS. The summed E-state index contributed by atoms with van der Waals surface area (Å²) < 4.78 is 14.7. The van der Waals surface area contributed by atoms with E-state index in [4.69, 9.17) is 0 Å². The number of thiazole rings is 1. The topological polar surface area (TPSA) is 48.5 Å². The first-order valence-corrected chi connectivity index (χ1v) is 9.16. The number of nitrogens with one attached hydrogen (secondary N) is 1. The second-order valence-corrected chi connectivity index (χ2v) is 7.37. The van der Waals surface area contributed by atoms with Crippen LogP contribution < -0.4 is 10.2 Å². The summed E-state index contributed by atoms with van der Waals surface area (Å²) in [6, 6.07) is 5.09. The van der Waals surface area contributed by atoms with Crippen molar-refractivity contribution in [3.63, 3.8) is 0 Å². The molecule has 7 heteroatoms. The van der Waals surface area contributed by atoms with Crippen LogP contribution in [0.2, 0.25) is 0 Å². The number of carbonyl (C=O) groups is 1. The third kappa shape index (κ3) is 3.84. The summed E-state index contributed by atoms with van der Waals surface area (Å²) >= 11 is 1.54. The average Bonchev–Trinajstić information content (AvgIpc) is 3.01. The Kier molecular flexibility index (Phi) is 5.30. The minimum absolute atomic E-state index is 0.0290. The molecule has 3 rings (SSSR count). The van der Waals surface area contributed by atoms with Crippen molar-refractivity contribution in [2.75, 3.05) is 44.2 Å². The fraction of sp³-hybridized carbons (Fsp3) is 0.529. The van der Waals surface area contributed by atoms with E-state index in [0.29, 0.717) is 12.1 Å². The van der Waals surface area contributed by atoms with E-state index in [0.717, 1.165) is 42.6 Å². The molecule has 1 amide bonds. The maximum absolute atomic E-state index is 13.8. The van der Waals surface area contributed by atoms with Gasteiger partial charge in [0.15, 0.2) is 5.13 Å². The summed E-state index contributed by atoms with van der Waals surface area (Å²) in [6.07, 6.45) is 0. The quantitative estimate of drug-likeness (QED) is 0.899. The van der Waals surface area contributed by atoms with Crippen LogP contribution in [0.3, 0.4) is 0 Å². The molecule has 1 fully saturated rings. The van der Waals surface area contributed by atoms with Gasteiger partial charge < -0.3 is 10.2 Å². The lowest BCUT2D eigenvalue weighted by atomic mass is 10.2. The van der Waals surface area contributed by atoms with Crippen LogP contribution in [0.15, 0.2) is 18.2 Å². The molecule has 5 nitrogen and oxygen atoms in total. The van der Waals surface area contributed by atoms with Gasteiger partial charge in [0, 0.05) is 45.2 Å². The van der Waals surface area contributed by atoms with E-state index in [-0.39, 0.29) is 17.6 Å². The van der Waals surface area contributed by atoms with Gasteiger partial charge in [-0.1, -0.05) is 31.3 Å². The molecule has 0 spiro atoms. The number of halogens is 1. The van der Waals surface area contributed by atoms with E-state index in [1.165, 1.54) is 6.07 Å². The lowest BCUT2D eigenvalue weighted by Crippen LogP contribution is -2.48. The van der Waals surface area contributed by atoms with Gasteiger partial charge in [-0.2, -0.15) is 0 Å². The first-order valence-electron chi connectivity index (χ1n) is 8.34. The Morgan fingerprint density at radius 2 is 2.08 bits per heavy atom. The van der Waals surface area contributed by atoms with Crippen molar-refractivity contribution in [3.05, 3.63) is 24.0 Å². The van der Waals surface area contributed by atoms with Gasteiger partial charge in [0.2, 0.25) is 5.91 Å². The number of amides is 1. The number of nitrogens with zero attached hydrogens (tertiary/aromatic N) is 3. The molecule has 0 unspecified atom stereocenters. The number of benzene rings is 1. The Bertz CT molecular complexity index is 710. The molecule has 2 aromatic rings. The highest BCUT2D eigenvalue weighted by molar-refractivity contribution is 7.22. The minimum atomic E-state index is -0.255. The highest BCUT2D eigenvalue weighted by Gasteiger charge is 2.20. The van der Waals surface area contributed by atoms with E-state index in [9.17, 15) is 9.18 Å². The molecule has 130 valence electrons. The molecule has 1 saturated heterocycles. The Morgan fingerprint density at radius 3 is 2.75 bits per heavy atom. The molecule has 0 bridgehead atoms. The molecule has 1 aromatic carbocycles. The van der Waals surface area contributed by atoms with Gasteiger partial charge in [-0.3, -0.25) is 9.69 Å². The summed E-state index contributed by atoms with van der Waals surface area (Å²) in [4.78, 5) is 20.6. The van der Waals surface area contributed by atoms with E-state index < -0.39 is 0 Å². The van der Waals surface area contributed by atoms with Gasteiger partial charge in [0.1, 0.15) is 11.3 Å². The third-order valence-corrected chi connectivity index (χ3v) is 5.33. The van der Waals surface area contributed by atoms with Crippen LogP contribution in [-0.4, -0.2) is 55.1 Å². The van der Waals surface area contributed by atoms with Crippen molar-refractivity contribution in [2.45, 2.75) is 13.8 Å². The van der Waals surface area contributed by atoms with Crippen LogP contribution in [0.1, 0.15) is 13.8 Å². The Labute approximate surface area is 145 Å². The molecule has 1 aliphatic rings. The lowest BCUT2D eigenvalue weighted by Gasteiger charge is -2.34. The second kappa shape index (κ2) is 7.44. The number of fused-ring (bicyclic) bond motifs is 1. The van der Waals surface area contributed by atoms with Crippen molar-refractivity contribution in [3.8, 4) is 0 Å². The zero-order valence-electron chi connectivity index (χ0n) is 14.1. The second-order valence-electron chi connectivity index (χ2n) is 6.36. The van der Waals surface area contributed by atoms with Gasteiger partial charge in [-0.15, -0.1) is 0 Å². The Morgan fingerprint density at radius 1 is 1.33 bits per heavy atom. The Balaban J connectivity index is 1.51. The lowest BCUT2D eigenvalue weighted by molar-refractivity contribution is -0.124. The summed E-state index contributed by atoms with van der Waals surface area (Å²) in [7, 11) is 0. The number of para-hydroxylation sites is 1. The summed E-state index contributed by atoms with van der Waals surface area (Å²) in [6.45, 7) is 8.94. The van der Waals surface area contributed by atoms with Gasteiger partial charge >= 0.3 is 0 Å². The molecule has 2 heterocycles. The van der Waals surface area contributed by atoms with E-state index in [1.54, 1.807) is 17.4 Å². The predicted octanol–water partition coefficient (Wildman–Crippen LogP) is 2.33. The largest absolute Gasteiger partial charge is 0.355 e. The molecular weight excluding hydrogens is 327 g/mol. The fourth-order valence-electron chi connectivity index (χ4n) is 2.74. The van der Waals surface area contributed by atoms with Crippen LogP contribution in [0.25, 0.3) is 10.2 Å². The molecule has 0 aliphatic carbocycles. The standard InChI is InChI=1S/C17H23FN4OS/c1-12(2)16(23)19-6-7-21-8-10-22(11-9-21)17-20-15-13(18)4-3-5-14(15)24-17/h3-5,12H,6-11H2,1-2H3,(H,19,23). The van der Waals surface area contributed by atoms with Crippen LogP contribution in [0, 0.1) is 11.7 Å². The van der Waals surface area contributed by atoms with Crippen LogP contribution >= 0.6 is 11.3 Å². The molecule has 0 atom stereocenters. The normalized spacial score (nSPS) is 16.1. The van der Waals surface area contributed by atoms with Crippen molar-refractivity contribution in [1.82, 2.24) is 15.2 Å². The molecule has 0 saturated carbocycles. The maximum Gasteiger partial charge on any atom is 0.222 e. The van der Waals surface area contributed by atoms with Crippen molar-refractivity contribution < 1.29 is 9.18 Å². The van der Waals surface area contributed by atoms with E-state index in [2.05, 4.69) is 20.1 Å². The number of hydrogen-bond donors (Lipinski definition) is 1. The average molecular weight is 350 g/mol. The van der Waals surface area contributed by atoms with E-state index in [1.807, 2.05) is 19.9 Å². The van der Waals surface area contributed by atoms with E-state index >= 15 is 0 Å². The zero-order chi connectivity index (χ0) is 17.1.